The van der Waals surface area contributed by atoms with Crippen molar-refractivity contribution < 1.29 is 8.42 Å². The monoisotopic (exact) mass is 298 g/mol. The van der Waals surface area contributed by atoms with Gasteiger partial charge >= 0.3 is 0 Å². The fraction of sp³-hybridized carbons (Fsp3) is 0.333. The molecule has 0 fully saturated rings. The van der Waals surface area contributed by atoms with Gasteiger partial charge in [0, 0.05) is 12.8 Å². The average molecular weight is 298 g/mol. The summed E-state index contributed by atoms with van der Waals surface area (Å²) in [6.07, 6.45) is 1.55. The second-order valence-corrected chi connectivity index (χ2v) is 7.06. The number of nitrogens with one attached hydrogen (secondary N) is 1. The molecular weight excluding hydrogens is 284 g/mol. The van der Waals surface area contributed by atoms with Crippen LogP contribution >= 0.6 is 12.2 Å². The van der Waals surface area contributed by atoms with E-state index in [-0.39, 0.29) is 11.3 Å². The maximum atomic E-state index is 12.2. The van der Waals surface area contributed by atoms with Crippen LogP contribution in [0.5, 0.6) is 0 Å². The molecule has 0 aliphatic heterocycles. The first-order valence-electron chi connectivity index (χ1n) is 5.78. The Kier molecular flexibility index (Phi) is 3.86. The van der Waals surface area contributed by atoms with E-state index in [2.05, 4.69) is 4.98 Å². The minimum absolute atomic E-state index is 0.0427. The lowest BCUT2D eigenvalue weighted by Gasteiger charge is -2.07. The van der Waals surface area contributed by atoms with Gasteiger partial charge in [0.1, 0.15) is 9.84 Å². The molecule has 7 heteroatoms. The first-order valence-corrected chi connectivity index (χ1v) is 8.25. The third-order valence-corrected chi connectivity index (χ3v) is 4.14. The molecule has 2 rings (SSSR count). The molecule has 0 atom stereocenters. The van der Waals surface area contributed by atoms with Gasteiger partial charge < -0.3 is 4.98 Å². The second kappa shape index (κ2) is 5.26. The van der Waals surface area contributed by atoms with Crippen LogP contribution in [0.4, 0.5) is 0 Å². The van der Waals surface area contributed by atoms with Crippen LogP contribution in [0.15, 0.2) is 29.1 Å². The highest BCUT2D eigenvalue weighted by atomic mass is 32.2. The summed E-state index contributed by atoms with van der Waals surface area (Å²) >= 11 is 5.13. The van der Waals surface area contributed by atoms with Crippen molar-refractivity contribution in [3.8, 4) is 0 Å². The predicted octanol–water partition coefficient (Wildman–Crippen LogP) is 1.49. The van der Waals surface area contributed by atoms with Crippen molar-refractivity contribution >= 4 is 33.0 Å². The summed E-state index contributed by atoms with van der Waals surface area (Å²) in [5.41, 5.74) is 0.504. The molecule has 0 spiro atoms. The number of nitrogens with zero attached hydrogens (tertiary/aromatic N) is 1. The molecule has 0 amide bonds. The van der Waals surface area contributed by atoms with Crippen molar-refractivity contribution in [1.29, 1.82) is 0 Å². The Hall–Kier alpha value is -1.47. The van der Waals surface area contributed by atoms with Crippen LogP contribution in [0, 0.1) is 4.77 Å². The van der Waals surface area contributed by atoms with Gasteiger partial charge in [0.25, 0.3) is 5.56 Å². The van der Waals surface area contributed by atoms with Crippen LogP contribution in [0.25, 0.3) is 10.9 Å². The smallest absolute Gasteiger partial charge is 0.262 e. The summed E-state index contributed by atoms with van der Waals surface area (Å²) in [7, 11) is -3.02. The van der Waals surface area contributed by atoms with Crippen LogP contribution < -0.4 is 5.56 Å². The highest BCUT2D eigenvalue weighted by Crippen LogP contribution is 2.06. The van der Waals surface area contributed by atoms with E-state index in [9.17, 15) is 13.2 Å². The highest BCUT2D eigenvalue weighted by molar-refractivity contribution is 7.90. The number of rotatable bonds is 4. The molecule has 0 unspecified atom stereocenters. The molecule has 1 N–H and O–H groups in total. The Morgan fingerprint density at radius 1 is 1.32 bits per heavy atom. The maximum absolute atomic E-state index is 12.2. The molecule has 1 heterocycles. The first kappa shape index (κ1) is 14.0. The zero-order valence-corrected chi connectivity index (χ0v) is 12.1. The molecule has 5 nitrogen and oxygen atoms in total. The van der Waals surface area contributed by atoms with Crippen molar-refractivity contribution in [3.05, 3.63) is 39.4 Å². The van der Waals surface area contributed by atoms with E-state index in [1.807, 2.05) is 6.07 Å². The van der Waals surface area contributed by atoms with Crippen LogP contribution in [-0.2, 0) is 16.4 Å². The molecule has 19 heavy (non-hydrogen) atoms. The summed E-state index contributed by atoms with van der Waals surface area (Å²) in [6, 6.07) is 7.10. The fourth-order valence-electron chi connectivity index (χ4n) is 1.89. The Bertz CT molecular complexity index is 819. The molecule has 0 aliphatic rings. The van der Waals surface area contributed by atoms with Crippen molar-refractivity contribution in [3.63, 3.8) is 0 Å². The zero-order valence-electron chi connectivity index (χ0n) is 10.4. The van der Waals surface area contributed by atoms with Gasteiger partial charge in [0.15, 0.2) is 4.77 Å². The second-order valence-electron chi connectivity index (χ2n) is 4.42. The van der Waals surface area contributed by atoms with Gasteiger partial charge in [0.05, 0.1) is 16.7 Å². The summed E-state index contributed by atoms with van der Waals surface area (Å²) in [5.74, 6) is 0.0427. The molecule has 0 bridgehead atoms. The standard InChI is InChI=1S/C12H14N2O3S2/c1-19(16,17)8-4-7-14-11(15)9-5-2-3-6-10(9)13-12(14)18/h2-3,5-6H,4,7-8H2,1H3,(H,13,18). The number of aromatic amines is 1. The van der Waals surface area contributed by atoms with Crippen molar-refractivity contribution in [2.45, 2.75) is 13.0 Å². The SMILES string of the molecule is CS(=O)(=O)CCCn1c(=S)[nH]c2ccccc2c1=O. The van der Waals surface area contributed by atoms with Gasteiger partial charge in [-0.05, 0) is 30.8 Å². The Labute approximate surface area is 115 Å². The van der Waals surface area contributed by atoms with E-state index >= 15 is 0 Å². The third kappa shape index (κ3) is 3.30. The highest BCUT2D eigenvalue weighted by Gasteiger charge is 2.07. The number of hydrogen-bond acceptors (Lipinski definition) is 4. The lowest BCUT2D eigenvalue weighted by molar-refractivity contribution is 0.587. The van der Waals surface area contributed by atoms with Gasteiger partial charge in [-0.15, -0.1) is 0 Å². The van der Waals surface area contributed by atoms with E-state index in [0.29, 0.717) is 28.6 Å². The van der Waals surface area contributed by atoms with Gasteiger partial charge in [-0.1, -0.05) is 12.1 Å². The number of benzene rings is 1. The van der Waals surface area contributed by atoms with E-state index in [1.54, 1.807) is 18.2 Å². The quantitative estimate of drug-likeness (QED) is 0.868. The van der Waals surface area contributed by atoms with Gasteiger partial charge in [0.2, 0.25) is 0 Å². The fourth-order valence-corrected chi connectivity index (χ4v) is 2.82. The molecule has 2 aromatic rings. The topological polar surface area (TPSA) is 71.9 Å². The molecule has 0 radical (unpaired) electrons. The largest absolute Gasteiger partial charge is 0.332 e. The van der Waals surface area contributed by atoms with Crippen LogP contribution in [0.3, 0.4) is 0 Å². The number of sulfone groups is 1. The summed E-state index contributed by atoms with van der Waals surface area (Å²) in [4.78, 5) is 15.2. The summed E-state index contributed by atoms with van der Waals surface area (Å²) in [5, 5.41) is 0.551. The van der Waals surface area contributed by atoms with Gasteiger partial charge in [-0.25, -0.2) is 8.42 Å². The number of para-hydroxylation sites is 1. The molecule has 0 saturated heterocycles. The predicted molar refractivity (Wildman–Crippen MR) is 77.7 cm³/mol. The minimum Gasteiger partial charge on any atom is -0.332 e. The molecule has 0 aliphatic carbocycles. The van der Waals surface area contributed by atoms with E-state index in [1.165, 1.54) is 10.8 Å². The molecule has 1 aromatic carbocycles. The molecule has 102 valence electrons. The van der Waals surface area contributed by atoms with Crippen molar-refractivity contribution in [1.82, 2.24) is 9.55 Å². The van der Waals surface area contributed by atoms with E-state index < -0.39 is 9.84 Å². The number of H-pyrrole nitrogens is 1. The lowest BCUT2D eigenvalue weighted by atomic mass is 10.2. The Balaban J connectivity index is 2.39. The van der Waals surface area contributed by atoms with Gasteiger partial charge in [-0.2, -0.15) is 0 Å². The first-order chi connectivity index (χ1) is 8.88. The zero-order chi connectivity index (χ0) is 14.0. The minimum atomic E-state index is -3.02. The van der Waals surface area contributed by atoms with Crippen LogP contribution in [0.1, 0.15) is 6.42 Å². The summed E-state index contributed by atoms with van der Waals surface area (Å²) in [6.45, 7) is 0.298. The number of fused-ring (bicyclic) bond motifs is 1. The summed E-state index contributed by atoms with van der Waals surface area (Å²) < 4.78 is 23.9. The van der Waals surface area contributed by atoms with Gasteiger partial charge in [-0.3, -0.25) is 9.36 Å². The Morgan fingerprint density at radius 3 is 2.68 bits per heavy atom. The maximum Gasteiger partial charge on any atom is 0.262 e. The van der Waals surface area contributed by atoms with Crippen LogP contribution in [0.2, 0.25) is 0 Å². The Morgan fingerprint density at radius 2 is 2.00 bits per heavy atom. The molecular formula is C12H14N2O3S2. The third-order valence-electron chi connectivity index (χ3n) is 2.79. The van der Waals surface area contributed by atoms with Crippen LogP contribution in [-0.4, -0.2) is 30.0 Å². The molecule has 1 aromatic heterocycles. The number of hydrogen-bond donors (Lipinski definition) is 1. The van der Waals surface area contributed by atoms with E-state index in [0.717, 1.165) is 0 Å². The normalized spacial score (nSPS) is 11.8. The average Bonchev–Trinajstić information content (AvgIpc) is 2.32. The van der Waals surface area contributed by atoms with Crippen molar-refractivity contribution in [2.24, 2.45) is 0 Å². The molecule has 0 saturated carbocycles. The van der Waals surface area contributed by atoms with E-state index in [4.69, 9.17) is 12.2 Å². The van der Waals surface area contributed by atoms with Crippen molar-refractivity contribution in [2.75, 3.05) is 12.0 Å². The number of aromatic nitrogens is 2. The lowest BCUT2D eigenvalue weighted by Crippen LogP contribution is -2.23.